The van der Waals surface area contributed by atoms with Crippen LogP contribution < -0.4 is 9.47 Å². The molecular formula is C15H17NO3S2. The summed E-state index contributed by atoms with van der Waals surface area (Å²) >= 11 is 6.42. The van der Waals surface area contributed by atoms with Crippen LogP contribution in [0, 0.1) is 0 Å². The molecule has 1 saturated heterocycles. The summed E-state index contributed by atoms with van der Waals surface area (Å²) in [7, 11) is 3.27. The zero-order chi connectivity index (χ0) is 15.6. The molecule has 1 amide bonds. The van der Waals surface area contributed by atoms with E-state index < -0.39 is 0 Å². The fourth-order valence-electron chi connectivity index (χ4n) is 1.86. The molecule has 1 aromatic rings. The zero-order valence-corrected chi connectivity index (χ0v) is 14.0. The van der Waals surface area contributed by atoms with Crippen molar-refractivity contribution >= 4 is 40.3 Å². The molecule has 0 atom stereocenters. The molecule has 112 valence electrons. The number of hydrogen-bond donors (Lipinski definition) is 0. The summed E-state index contributed by atoms with van der Waals surface area (Å²) in [6.07, 6.45) is 1.80. The van der Waals surface area contributed by atoms with Crippen LogP contribution in [0.2, 0.25) is 0 Å². The molecule has 0 radical (unpaired) electrons. The number of amides is 1. The topological polar surface area (TPSA) is 38.8 Å². The average Bonchev–Trinajstić information content (AvgIpc) is 2.67. The highest BCUT2D eigenvalue weighted by molar-refractivity contribution is 8.26. The van der Waals surface area contributed by atoms with E-state index in [9.17, 15) is 4.79 Å². The SMILES string of the molecule is COc1cccc(C=C2SC(=S)N(C)C2=O)c1OC(C)C. The minimum Gasteiger partial charge on any atom is -0.493 e. The van der Waals surface area contributed by atoms with Gasteiger partial charge in [-0.15, -0.1) is 0 Å². The molecule has 0 unspecified atom stereocenters. The third-order valence-electron chi connectivity index (χ3n) is 2.86. The van der Waals surface area contributed by atoms with Crippen molar-refractivity contribution in [1.29, 1.82) is 0 Å². The number of carbonyl (C=O) groups excluding carboxylic acids is 1. The number of hydrogen-bond acceptors (Lipinski definition) is 5. The maximum Gasteiger partial charge on any atom is 0.265 e. The Morgan fingerprint density at radius 2 is 2.10 bits per heavy atom. The number of thioether (sulfide) groups is 1. The first kappa shape index (κ1) is 15.9. The third kappa shape index (κ3) is 3.39. The van der Waals surface area contributed by atoms with Gasteiger partial charge < -0.3 is 9.47 Å². The summed E-state index contributed by atoms with van der Waals surface area (Å²) in [6, 6.07) is 5.59. The van der Waals surface area contributed by atoms with E-state index in [-0.39, 0.29) is 12.0 Å². The Bertz CT molecular complexity index is 611. The molecule has 1 heterocycles. The second kappa shape index (κ2) is 6.49. The van der Waals surface area contributed by atoms with Crippen LogP contribution in [0.25, 0.3) is 6.08 Å². The predicted molar refractivity (Wildman–Crippen MR) is 89.7 cm³/mol. The van der Waals surface area contributed by atoms with Gasteiger partial charge in [0.15, 0.2) is 11.5 Å². The van der Waals surface area contributed by atoms with E-state index >= 15 is 0 Å². The van der Waals surface area contributed by atoms with Gasteiger partial charge in [0.05, 0.1) is 18.1 Å². The first-order chi connectivity index (χ1) is 9.93. The van der Waals surface area contributed by atoms with Gasteiger partial charge in [-0.05, 0) is 26.0 Å². The summed E-state index contributed by atoms with van der Waals surface area (Å²) in [5.74, 6) is 1.18. The van der Waals surface area contributed by atoms with Gasteiger partial charge in [-0.25, -0.2) is 0 Å². The first-order valence-corrected chi connectivity index (χ1v) is 7.71. The van der Waals surface area contributed by atoms with Crippen molar-refractivity contribution < 1.29 is 14.3 Å². The van der Waals surface area contributed by atoms with Crippen molar-refractivity contribution in [3.63, 3.8) is 0 Å². The van der Waals surface area contributed by atoms with Crippen molar-refractivity contribution in [2.24, 2.45) is 0 Å². The summed E-state index contributed by atoms with van der Waals surface area (Å²) in [4.78, 5) is 14.1. The van der Waals surface area contributed by atoms with Crippen LogP contribution in [-0.4, -0.2) is 35.4 Å². The highest BCUT2D eigenvalue weighted by Gasteiger charge is 2.29. The molecule has 2 rings (SSSR count). The van der Waals surface area contributed by atoms with E-state index in [0.717, 1.165) is 5.56 Å². The first-order valence-electron chi connectivity index (χ1n) is 6.49. The van der Waals surface area contributed by atoms with Gasteiger partial charge in [-0.2, -0.15) is 0 Å². The molecule has 0 N–H and O–H groups in total. The lowest BCUT2D eigenvalue weighted by molar-refractivity contribution is -0.121. The fraction of sp³-hybridized carbons (Fsp3) is 0.333. The van der Waals surface area contributed by atoms with Crippen LogP contribution in [-0.2, 0) is 4.79 Å². The van der Waals surface area contributed by atoms with E-state index in [2.05, 4.69) is 0 Å². The number of methoxy groups -OCH3 is 1. The van der Waals surface area contributed by atoms with Crippen molar-refractivity contribution in [1.82, 2.24) is 4.90 Å². The van der Waals surface area contributed by atoms with E-state index in [4.69, 9.17) is 21.7 Å². The number of rotatable bonds is 4. The summed E-state index contributed by atoms with van der Waals surface area (Å²) in [5, 5.41) is 0. The van der Waals surface area contributed by atoms with Gasteiger partial charge in [0, 0.05) is 12.6 Å². The van der Waals surface area contributed by atoms with E-state index in [1.807, 2.05) is 32.0 Å². The number of carbonyl (C=O) groups is 1. The normalized spacial score (nSPS) is 17.0. The molecule has 1 aromatic carbocycles. The van der Waals surface area contributed by atoms with Crippen LogP contribution in [0.4, 0.5) is 0 Å². The number of nitrogens with zero attached hydrogens (tertiary/aromatic N) is 1. The maximum atomic E-state index is 12.1. The van der Waals surface area contributed by atoms with E-state index in [0.29, 0.717) is 20.7 Å². The van der Waals surface area contributed by atoms with Crippen molar-refractivity contribution in [3.8, 4) is 11.5 Å². The molecule has 6 heteroatoms. The maximum absolute atomic E-state index is 12.1. The van der Waals surface area contributed by atoms with Crippen LogP contribution in [0.3, 0.4) is 0 Å². The Labute approximate surface area is 134 Å². The summed E-state index contributed by atoms with van der Waals surface area (Å²) in [6.45, 7) is 3.89. The molecule has 4 nitrogen and oxygen atoms in total. The molecule has 1 aliphatic heterocycles. The second-order valence-electron chi connectivity index (χ2n) is 4.79. The number of likely N-dealkylation sites (N-methyl/N-ethyl adjacent to an activating group) is 1. The standard InChI is InChI=1S/C15H17NO3S2/c1-9(2)19-13-10(6-5-7-11(13)18-4)8-12-14(17)16(3)15(20)21-12/h5-9H,1-4H3. The molecule has 1 aliphatic rings. The molecule has 0 bridgehead atoms. The lowest BCUT2D eigenvalue weighted by Gasteiger charge is -2.16. The summed E-state index contributed by atoms with van der Waals surface area (Å²) in [5.41, 5.74) is 0.803. The van der Waals surface area contributed by atoms with Gasteiger partial charge in [0.1, 0.15) is 4.32 Å². The summed E-state index contributed by atoms with van der Waals surface area (Å²) < 4.78 is 11.7. The van der Waals surface area contributed by atoms with E-state index in [1.54, 1.807) is 20.2 Å². The third-order valence-corrected chi connectivity index (χ3v) is 4.34. The lowest BCUT2D eigenvalue weighted by Crippen LogP contribution is -2.22. The lowest BCUT2D eigenvalue weighted by atomic mass is 10.1. The Kier molecular flexibility index (Phi) is 4.90. The largest absolute Gasteiger partial charge is 0.493 e. The smallest absolute Gasteiger partial charge is 0.265 e. The van der Waals surface area contributed by atoms with Gasteiger partial charge in [-0.3, -0.25) is 9.69 Å². The van der Waals surface area contributed by atoms with Gasteiger partial charge in [-0.1, -0.05) is 36.1 Å². The van der Waals surface area contributed by atoms with Gasteiger partial charge in [0.2, 0.25) is 0 Å². The van der Waals surface area contributed by atoms with Crippen LogP contribution >= 0.6 is 24.0 Å². The van der Waals surface area contributed by atoms with Crippen LogP contribution in [0.5, 0.6) is 11.5 Å². The second-order valence-corrected chi connectivity index (χ2v) is 6.46. The molecule has 0 spiro atoms. The predicted octanol–water partition coefficient (Wildman–Crippen LogP) is 3.31. The Hall–Kier alpha value is -1.53. The van der Waals surface area contributed by atoms with Crippen molar-refractivity contribution in [2.45, 2.75) is 20.0 Å². The average molecular weight is 323 g/mol. The molecule has 21 heavy (non-hydrogen) atoms. The number of thiocarbonyl (C=S) groups is 1. The molecule has 0 aliphatic carbocycles. The molecular weight excluding hydrogens is 306 g/mol. The minimum absolute atomic E-state index is 0.00846. The van der Waals surface area contributed by atoms with Crippen molar-refractivity contribution in [2.75, 3.05) is 14.2 Å². The Morgan fingerprint density at radius 1 is 1.38 bits per heavy atom. The highest BCUT2D eigenvalue weighted by atomic mass is 32.2. The molecule has 1 fully saturated rings. The van der Waals surface area contributed by atoms with Crippen molar-refractivity contribution in [3.05, 3.63) is 28.7 Å². The fourth-order valence-corrected chi connectivity index (χ4v) is 3.03. The Balaban J connectivity index is 2.44. The van der Waals surface area contributed by atoms with E-state index in [1.165, 1.54) is 16.7 Å². The van der Waals surface area contributed by atoms with Gasteiger partial charge in [0.25, 0.3) is 5.91 Å². The highest BCUT2D eigenvalue weighted by Crippen LogP contribution is 2.37. The Morgan fingerprint density at radius 3 is 2.62 bits per heavy atom. The number of para-hydroxylation sites is 1. The number of ether oxygens (including phenoxy) is 2. The number of benzene rings is 1. The monoisotopic (exact) mass is 323 g/mol. The molecule has 0 aromatic heterocycles. The minimum atomic E-state index is -0.0942. The van der Waals surface area contributed by atoms with Crippen LogP contribution in [0.1, 0.15) is 19.4 Å². The van der Waals surface area contributed by atoms with Gasteiger partial charge >= 0.3 is 0 Å². The van der Waals surface area contributed by atoms with Crippen LogP contribution in [0.15, 0.2) is 23.1 Å². The zero-order valence-electron chi connectivity index (χ0n) is 12.4. The quantitative estimate of drug-likeness (QED) is 0.628. The molecule has 0 saturated carbocycles.